The SMILES string of the molecule is C=C[SiH](C=C)OCCc1ccccc1. The molecule has 0 bridgehead atoms. The maximum atomic E-state index is 5.65. The molecule has 0 N–H and O–H groups in total. The molecule has 0 saturated heterocycles. The van der Waals surface area contributed by atoms with Crippen LogP contribution in [0.5, 0.6) is 0 Å². The van der Waals surface area contributed by atoms with Crippen molar-refractivity contribution in [3.8, 4) is 0 Å². The van der Waals surface area contributed by atoms with E-state index in [-0.39, 0.29) is 0 Å². The molecule has 0 aromatic heterocycles. The summed E-state index contributed by atoms with van der Waals surface area (Å²) in [5, 5.41) is 0. The Morgan fingerprint density at radius 2 is 1.79 bits per heavy atom. The number of hydrogen-bond donors (Lipinski definition) is 0. The first-order valence-corrected chi connectivity index (χ1v) is 6.58. The van der Waals surface area contributed by atoms with Crippen molar-refractivity contribution < 1.29 is 4.43 Å². The first kappa shape index (κ1) is 11.0. The Bertz CT molecular complexity index is 274. The Hall–Kier alpha value is -1.12. The van der Waals surface area contributed by atoms with Crippen LogP contribution in [0.25, 0.3) is 0 Å². The van der Waals surface area contributed by atoms with E-state index in [9.17, 15) is 0 Å². The summed E-state index contributed by atoms with van der Waals surface area (Å²) >= 11 is 0. The summed E-state index contributed by atoms with van der Waals surface area (Å²) in [5.41, 5.74) is 5.09. The van der Waals surface area contributed by atoms with Crippen LogP contribution in [0.2, 0.25) is 0 Å². The van der Waals surface area contributed by atoms with Crippen LogP contribution >= 0.6 is 0 Å². The molecule has 0 fully saturated rings. The Kier molecular flexibility index (Phi) is 4.97. The smallest absolute Gasteiger partial charge is 0.224 e. The van der Waals surface area contributed by atoms with Crippen LogP contribution < -0.4 is 0 Å². The third kappa shape index (κ3) is 3.73. The predicted octanol–water partition coefficient (Wildman–Crippen LogP) is 2.42. The van der Waals surface area contributed by atoms with Crippen LogP contribution in [0.3, 0.4) is 0 Å². The molecule has 0 aliphatic carbocycles. The first-order chi connectivity index (χ1) is 6.86. The fourth-order valence-corrected chi connectivity index (χ4v) is 2.04. The molecule has 2 heteroatoms. The van der Waals surface area contributed by atoms with E-state index in [0.717, 1.165) is 13.0 Å². The number of rotatable bonds is 6. The Morgan fingerprint density at radius 3 is 2.36 bits per heavy atom. The van der Waals surface area contributed by atoms with Crippen molar-refractivity contribution in [2.75, 3.05) is 6.61 Å². The minimum Gasteiger partial charge on any atom is -0.412 e. The van der Waals surface area contributed by atoms with Crippen molar-refractivity contribution in [3.63, 3.8) is 0 Å². The van der Waals surface area contributed by atoms with Crippen molar-refractivity contribution in [2.24, 2.45) is 0 Å². The van der Waals surface area contributed by atoms with Gasteiger partial charge >= 0.3 is 0 Å². The summed E-state index contributed by atoms with van der Waals surface area (Å²) in [5.74, 6) is 0. The Balaban J connectivity index is 2.28. The zero-order chi connectivity index (χ0) is 10.2. The summed E-state index contributed by atoms with van der Waals surface area (Å²) in [6.07, 6.45) is 0.964. The fourth-order valence-electron chi connectivity index (χ4n) is 1.19. The lowest BCUT2D eigenvalue weighted by Gasteiger charge is -2.07. The van der Waals surface area contributed by atoms with Crippen molar-refractivity contribution in [3.05, 3.63) is 60.5 Å². The van der Waals surface area contributed by atoms with Crippen molar-refractivity contribution in [1.29, 1.82) is 0 Å². The summed E-state index contributed by atoms with van der Waals surface area (Å²) in [6, 6.07) is 10.3. The average Bonchev–Trinajstić information content (AvgIpc) is 2.26. The third-order valence-corrected chi connectivity index (χ3v) is 3.56. The van der Waals surface area contributed by atoms with Crippen molar-refractivity contribution >= 4 is 9.04 Å². The second-order valence-corrected chi connectivity index (χ2v) is 5.25. The van der Waals surface area contributed by atoms with E-state index in [1.54, 1.807) is 0 Å². The molecule has 0 aliphatic rings. The second kappa shape index (κ2) is 6.35. The van der Waals surface area contributed by atoms with Gasteiger partial charge in [0.05, 0.1) is 0 Å². The zero-order valence-corrected chi connectivity index (χ0v) is 9.51. The summed E-state index contributed by atoms with van der Waals surface area (Å²) in [7, 11) is -1.31. The number of benzene rings is 1. The molecule has 0 saturated carbocycles. The fraction of sp³-hybridized carbons (Fsp3) is 0.167. The highest BCUT2D eigenvalue weighted by atomic mass is 28.3. The maximum absolute atomic E-state index is 5.65. The van der Waals surface area contributed by atoms with E-state index < -0.39 is 9.04 Å². The third-order valence-electron chi connectivity index (χ3n) is 2.01. The van der Waals surface area contributed by atoms with Gasteiger partial charge in [-0.1, -0.05) is 41.7 Å². The lowest BCUT2D eigenvalue weighted by Crippen LogP contribution is -2.14. The highest BCUT2D eigenvalue weighted by Crippen LogP contribution is 2.00. The molecule has 0 spiro atoms. The van der Waals surface area contributed by atoms with Crippen molar-refractivity contribution in [2.45, 2.75) is 6.42 Å². The molecule has 0 amide bonds. The Labute approximate surface area is 87.5 Å². The van der Waals surface area contributed by atoms with E-state index in [1.807, 2.05) is 29.6 Å². The maximum Gasteiger partial charge on any atom is 0.224 e. The van der Waals surface area contributed by atoms with Crippen LogP contribution in [0.4, 0.5) is 0 Å². The van der Waals surface area contributed by atoms with Gasteiger partial charge in [-0.2, -0.15) is 0 Å². The van der Waals surface area contributed by atoms with Gasteiger partial charge in [0.25, 0.3) is 0 Å². The highest BCUT2D eigenvalue weighted by molar-refractivity contribution is 6.62. The molecule has 0 aliphatic heterocycles. The van der Waals surface area contributed by atoms with Gasteiger partial charge in [-0.05, 0) is 12.0 Å². The molecule has 74 valence electrons. The predicted molar refractivity (Wildman–Crippen MR) is 63.6 cm³/mol. The van der Waals surface area contributed by atoms with Gasteiger partial charge in [0.15, 0.2) is 0 Å². The molecule has 1 rings (SSSR count). The first-order valence-electron chi connectivity index (χ1n) is 4.77. The van der Waals surface area contributed by atoms with Gasteiger partial charge in [0, 0.05) is 6.61 Å². The van der Waals surface area contributed by atoms with Gasteiger partial charge in [0.2, 0.25) is 9.04 Å². The van der Waals surface area contributed by atoms with Gasteiger partial charge in [-0.3, -0.25) is 0 Å². The standard InChI is InChI=1S/C12H16OSi/c1-3-14(4-2)13-11-10-12-8-6-5-7-9-12/h3-9,14H,1-2,10-11H2. The molecule has 1 aromatic carbocycles. The van der Waals surface area contributed by atoms with Crippen LogP contribution in [0.15, 0.2) is 54.9 Å². The van der Waals surface area contributed by atoms with Gasteiger partial charge in [-0.25, -0.2) is 0 Å². The molecular weight excluding hydrogens is 188 g/mol. The monoisotopic (exact) mass is 204 g/mol. The van der Waals surface area contributed by atoms with Gasteiger partial charge in [-0.15, -0.1) is 13.2 Å². The molecule has 0 unspecified atom stereocenters. The topological polar surface area (TPSA) is 9.23 Å². The zero-order valence-electron chi connectivity index (χ0n) is 8.36. The summed E-state index contributed by atoms with van der Waals surface area (Å²) < 4.78 is 5.65. The Morgan fingerprint density at radius 1 is 1.14 bits per heavy atom. The largest absolute Gasteiger partial charge is 0.412 e. The lowest BCUT2D eigenvalue weighted by molar-refractivity contribution is 0.336. The van der Waals surface area contributed by atoms with Crippen LogP contribution in [-0.4, -0.2) is 15.6 Å². The van der Waals surface area contributed by atoms with E-state index in [2.05, 4.69) is 25.3 Å². The normalized spacial score (nSPS) is 10.1. The van der Waals surface area contributed by atoms with E-state index in [4.69, 9.17) is 4.43 Å². The van der Waals surface area contributed by atoms with E-state index in [1.165, 1.54) is 5.56 Å². The molecule has 1 aromatic rings. The van der Waals surface area contributed by atoms with Gasteiger partial charge in [0.1, 0.15) is 0 Å². The van der Waals surface area contributed by atoms with E-state index in [0.29, 0.717) is 0 Å². The average molecular weight is 204 g/mol. The quantitative estimate of drug-likeness (QED) is 0.647. The van der Waals surface area contributed by atoms with Crippen LogP contribution in [0.1, 0.15) is 5.56 Å². The van der Waals surface area contributed by atoms with Gasteiger partial charge < -0.3 is 4.43 Å². The van der Waals surface area contributed by atoms with Crippen molar-refractivity contribution in [1.82, 2.24) is 0 Å². The molecule has 14 heavy (non-hydrogen) atoms. The molecule has 1 nitrogen and oxygen atoms in total. The molecule has 0 radical (unpaired) electrons. The molecule has 0 heterocycles. The minimum atomic E-state index is -1.31. The summed E-state index contributed by atoms with van der Waals surface area (Å²) in [4.78, 5) is 0. The number of hydrogen-bond acceptors (Lipinski definition) is 1. The summed E-state index contributed by atoms with van der Waals surface area (Å²) in [6.45, 7) is 8.21. The minimum absolute atomic E-state index is 0.763. The molecule has 0 atom stereocenters. The highest BCUT2D eigenvalue weighted by Gasteiger charge is 2.00. The van der Waals surface area contributed by atoms with Crippen LogP contribution in [-0.2, 0) is 10.8 Å². The van der Waals surface area contributed by atoms with E-state index >= 15 is 0 Å². The lowest BCUT2D eigenvalue weighted by atomic mass is 10.2. The molecular formula is C12H16OSi. The van der Waals surface area contributed by atoms with Crippen LogP contribution in [0, 0.1) is 0 Å². The second-order valence-electron chi connectivity index (χ2n) is 3.04.